The van der Waals surface area contributed by atoms with Gasteiger partial charge in [-0.05, 0) is 38.1 Å². The lowest BCUT2D eigenvalue weighted by Crippen LogP contribution is -2.46. The van der Waals surface area contributed by atoms with Gasteiger partial charge in [0.2, 0.25) is 5.91 Å². The van der Waals surface area contributed by atoms with Crippen molar-refractivity contribution in [3.05, 3.63) is 0 Å². The molecule has 3 nitrogen and oxygen atoms in total. The number of amides is 1. The first kappa shape index (κ1) is 9.97. The van der Waals surface area contributed by atoms with Crippen LogP contribution in [0.15, 0.2) is 0 Å². The molecule has 1 amide bonds. The molecule has 0 aromatic rings. The van der Waals surface area contributed by atoms with Crippen molar-refractivity contribution in [3.8, 4) is 0 Å². The summed E-state index contributed by atoms with van der Waals surface area (Å²) in [5.41, 5.74) is 5.74. The van der Waals surface area contributed by atoms with Crippen molar-refractivity contribution in [2.45, 2.75) is 44.6 Å². The number of hydrogen-bond acceptors (Lipinski definition) is 2. The van der Waals surface area contributed by atoms with Crippen LogP contribution in [0.4, 0.5) is 0 Å². The quantitative estimate of drug-likeness (QED) is 0.719. The molecule has 2 atom stereocenters. The van der Waals surface area contributed by atoms with Gasteiger partial charge in [-0.1, -0.05) is 6.42 Å². The molecule has 2 unspecified atom stereocenters. The normalized spacial score (nSPS) is 33.8. The molecule has 2 rings (SSSR count). The van der Waals surface area contributed by atoms with Gasteiger partial charge in [-0.15, -0.1) is 0 Å². The van der Waals surface area contributed by atoms with Gasteiger partial charge in [-0.25, -0.2) is 0 Å². The van der Waals surface area contributed by atoms with E-state index in [2.05, 4.69) is 4.90 Å². The first-order valence-corrected chi connectivity index (χ1v) is 5.82. The third-order valence-corrected chi connectivity index (χ3v) is 3.68. The molecule has 14 heavy (non-hydrogen) atoms. The van der Waals surface area contributed by atoms with Crippen LogP contribution in [0.1, 0.15) is 38.5 Å². The fourth-order valence-electron chi connectivity index (χ4n) is 2.88. The summed E-state index contributed by atoms with van der Waals surface area (Å²) in [4.78, 5) is 13.8. The van der Waals surface area contributed by atoms with E-state index in [1.807, 2.05) is 0 Å². The van der Waals surface area contributed by atoms with E-state index < -0.39 is 0 Å². The number of carbonyl (C=O) groups excluding carboxylic acids is 1. The van der Waals surface area contributed by atoms with Crippen LogP contribution >= 0.6 is 0 Å². The molecule has 1 saturated carbocycles. The molecule has 0 bridgehead atoms. The number of piperidine rings is 1. The summed E-state index contributed by atoms with van der Waals surface area (Å²) in [5.74, 6) is 0.929. The van der Waals surface area contributed by atoms with Gasteiger partial charge in [-0.2, -0.15) is 0 Å². The Labute approximate surface area is 85.6 Å². The lowest BCUT2D eigenvalue weighted by atomic mass is 9.99. The molecule has 1 saturated heterocycles. The predicted octanol–water partition coefficient (Wildman–Crippen LogP) is 1.13. The molecule has 2 fully saturated rings. The minimum Gasteiger partial charge on any atom is -0.339 e. The van der Waals surface area contributed by atoms with Gasteiger partial charge >= 0.3 is 0 Å². The fourth-order valence-corrected chi connectivity index (χ4v) is 2.88. The summed E-state index contributed by atoms with van der Waals surface area (Å²) in [5, 5.41) is 0. The van der Waals surface area contributed by atoms with Crippen molar-refractivity contribution in [1.82, 2.24) is 4.90 Å². The number of nitrogens with zero attached hydrogens (tertiary/aromatic N) is 1. The molecule has 1 aliphatic heterocycles. The molecule has 2 aliphatic rings. The molecule has 0 aromatic heterocycles. The molecule has 2 N–H and O–H groups in total. The van der Waals surface area contributed by atoms with Crippen LogP contribution in [0.5, 0.6) is 0 Å². The average molecular weight is 196 g/mol. The lowest BCUT2D eigenvalue weighted by Gasteiger charge is -2.35. The average Bonchev–Trinajstić information content (AvgIpc) is 2.66. The van der Waals surface area contributed by atoms with Crippen molar-refractivity contribution in [2.75, 3.05) is 13.1 Å². The van der Waals surface area contributed by atoms with Crippen molar-refractivity contribution in [3.63, 3.8) is 0 Å². The largest absolute Gasteiger partial charge is 0.339 e. The maximum atomic E-state index is 11.7. The van der Waals surface area contributed by atoms with Crippen molar-refractivity contribution in [1.29, 1.82) is 0 Å². The van der Waals surface area contributed by atoms with Gasteiger partial charge in [-0.3, -0.25) is 4.79 Å². The highest BCUT2D eigenvalue weighted by Gasteiger charge is 2.34. The summed E-state index contributed by atoms with van der Waals surface area (Å²) < 4.78 is 0. The van der Waals surface area contributed by atoms with Crippen LogP contribution in [0.2, 0.25) is 0 Å². The minimum absolute atomic E-state index is 0.363. The third kappa shape index (κ3) is 1.78. The number of hydrogen-bond donors (Lipinski definition) is 1. The lowest BCUT2D eigenvalue weighted by molar-refractivity contribution is -0.136. The van der Waals surface area contributed by atoms with Crippen LogP contribution in [0.3, 0.4) is 0 Å². The summed E-state index contributed by atoms with van der Waals surface area (Å²) in [6, 6.07) is 0.466. The predicted molar refractivity (Wildman–Crippen MR) is 55.7 cm³/mol. The first-order chi connectivity index (χ1) is 6.83. The number of likely N-dealkylation sites (tertiary alicyclic amines) is 1. The Morgan fingerprint density at radius 2 is 2.14 bits per heavy atom. The van der Waals surface area contributed by atoms with Gasteiger partial charge < -0.3 is 10.6 Å². The number of nitrogens with two attached hydrogens (primary N) is 1. The Hall–Kier alpha value is -0.570. The Morgan fingerprint density at radius 1 is 1.29 bits per heavy atom. The summed E-state index contributed by atoms with van der Waals surface area (Å²) in [7, 11) is 0. The fraction of sp³-hybridized carbons (Fsp3) is 0.909. The minimum atomic E-state index is 0.363. The molecule has 0 aromatic carbocycles. The van der Waals surface area contributed by atoms with Gasteiger partial charge in [0.25, 0.3) is 0 Å². The van der Waals surface area contributed by atoms with Crippen molar-refractivity contribution < 1.29 is 4.79 Å². The molecular formula is C11H20N2O. The standard InChI is InChI=1S/C11H20N2O/c12-8-9-4-3-5-10(9)13-7-2-1-6-11(13)14/h9-10H,1-8,12H2. The van der Waals surface area contributed by atoms with Crippen LogP contribution in [-0.2, 0) is 4.79 Å². The van der Waals surface area contributed by atoms with Gasteiger partial charge in [0.15, 0.2) is 0 Å². The van der Waals surface area contributed by atoms with E-state index in [-0.39, 0.29) is 0 Å². The van der Waals surface area contributed by atoms with Crippen molar-refractivity contribution >= 4 is 5.91 Å². The maximum absolute atomic E-state index is 11.7. The van der Waals surface area contributed by atoms with E-state index in [0.717, 1.165) is 25.9 Å². The molecule has 1 heterocycles. The van der Waals surface area contributed by atoms with Gasteiger partial charge in [0, 0.05) is 19.0 Å². The zero-order chi connectivity index (χ0) is 9.97. The molecule has 1 aliphatic carbocycles. The summed E-state index contributed by atoms with van der Waals surface area (Å²) >= 11 is 0. The second-order valence-electron chi connectivity index (χ2n) is 4.54. The Bertz CT molecular complexity index is 217. The Kier molecular flexibility index (Phi) is 3.06. The van der Waals surface area contributed by atoms with Crippen LogP contribution in [0.25, 0.3) is 0 Å². The van der Waals surface area contributed by atoms with E-state index in [1.165, 1.54) is 25.7 Å². The van der Waals surface area contributed by atoms with Crippen LogP contribution in [0, 0.1) is 5.92 Å². The smallest absolute Gasteiger partial charge is 0.222 e. The SMILES string of the molecule is NCC1CCCC1N1CCCCC1=O. The molecular weight excluding hydrogens is 176 g/mol. The Balaban J connectivity index is 2.01. The highest BCUT2D eigenvalue weighted by Crippen LogP contribution is 2.31. The topological polar surface area (TPSA) is 46.3 Å². The highest BCUT2D eigenvalue weighted by molar-refractivity contribution is 5.77. The van der Waals surface area contributed by atoms with E-state index in [4.69, 9.17) is 5.73 Å². The number of carbonyl (C=O) groups is 1. The molecule has 3 heteroatoms. The van der Waals surface area contributed by atoms with E-state index in [1.54, 1.807) is 0 Å². The van der Waals surface area contributed by atoms with E-state index in [9.17, 15) is 4.79 Å². The third-order valence-electron chi connectivity index (χ3n) is 3.68. The second-order valence-corrected chi connectivity index (χ2v) is 4.54. The molecule has 0 radical (unpaired) electrons. The summed E-state index contributed by atoms with van der Waals surface area (Å²) in [6.07, 6.45) is 6.65. The zero-order valence-electron chi connectivity index (χ0n) is 8.74. The highest BCUT2D eigenvalue weighted by atomic mass is 16.2. The zero-order valence-corrected chi connectivity index (χ0v) is 8.74. The van der Waals surface area contributed by atoms with E-state index in [0.29, 0.717) is 17.9 Å². The van der Waals surface area contributed by atoms with Crippen LogP contribution in [-0.4, -0.2) is 29.9 Å². The monoisotopic (exact) mass is 196 g/mol. The maximum Gasteiger partial charge on any atom is 0.222 e. The summed E-state index contributed by atoms with van der Waals surface area (Å²) in [6.45, 7) is 1.72. The second kappa shape index (κ2) is 4.30. The Morgan fingerprint density at radius 3 is 2.86 bits per heavy atom. The molecule has 80 valence electrons. The van der Waals surface area contributed by atoms with Gasteiger partial charge in [0.05, 0.1) is 0 Å². The van der Waals surface area contributed by atoms with Crippen molar-refractivity contribution in [2.24, 2.45) is 11.7 Å². The van der Waals surface area contributed by atoms with E-state index >= 15 is 0 Å². The van der Waals surface area contributed by atoms with Crippen LogP contribution < -0.4 is 5.73 Å². The first-order valence-electron chi connectivity index (χ1n) is 5.82. The molecule has 0 spiro atoms. The number of rotatable bonds is 2. The van der Waals surface area contributed by atoms with Gasteiger partial charge in [0.1, 0.15) is 0 Å².